The molecule has 7 nitrogen and oxygen atoms in total. The number of nitrogens with one attached hydrogen (secondary N) is 2. The first-order valence-corrected chi connectivity index (χ1v) is 4.72. The van der Waals surface area contributed by atoms with E-state index in [1.165, 1.54) is 0 Å². The van der Waals surface area contributed by atoms with E-state index in [1.54, 1.807) is 19.1 Å². The molecule has 0 aliphatic heterocycles. The van der Waals surface area contributed by atoms with E-state index in [2.05, 4.69) is 30.9 Å². The maximum atomic E-state index is 11.6. The third-order valence-corrected chi connectivity index (χ3v) is 2.06. The molecule has 2 heterocycles. The molecule has 8 heteroatoms. The Bertz CT molecular complexity index is 511. The van der Waals surface area contributed by atoms with Crippen LogP contribution in [0, 0.1) is 6.92 Å². The zero-order valence-corrected chi connectivity index (χ0v) is 8.99. The number of amides is 1. The van der Waals surface area contributed by atoms with Gasteiger partial charge in [-0.05, 0) is 24.3 Å². The molecule has 1 amide bonds. The Labute approximate surface area is 95.2 Å². The lowest BCUT2D eigenvalue weighted by Crippen LogP contribution is -2.15. The lowest BCUT2D eigenvalue weighted by molar-refractivity contribution is 0.101. The number of hydrogen-bond donors (Lipinski definition) is 2. The van der Waals surface area contributed by atoms with Crippen molar-refractivity contribution in [1.82, 2.24) is 25.6 Å². The lowest BCUT2D eigenvalue weighted by Gasteiger charge is -2.05. The number of hydrogen-bond acceptors (Lipinski definition) is 5. The van der Waals surface area contributed by atoms with Gasteiger partial charge in [0.25, 0.3) is 11.7 Å². The minimum Gasteiger partial charge on any atom is -0.317 e. The molecule has 0 unspecified atom stereocenters. The van der Waals surface area contributed by atoms with Crippen LogP contribution in [0.15, 0.2) is 12.1 Å². The van der Waals surface area contributed by atoms with Gasteiger partial charge in [0.15, 0.2) is 0 Å². The van der Waals surface area contributed by atoms with Crippen LogP contribution in [0.2, 0.25) is 5.15 Å². The normalized spacial score (nSPS) is 10.1. The molecule has 2 aromatic heterocycles. The topological polar surface area (TPSA) is 96.5 Å². The average molecular weight is 239 g/mol. The molecule has 2 aromatic rings. The summed E-state index contributed by atoms with van der Waals surface area (Å²) in [7, 11) is 0. The minimum absolute atomic E-state index is 0.0330. The predicted octanol–water partition coefficient (Wildman–Crippen LogP) is 0.809. The molecule has 2 rings (SSSR count). The third-order valence-electron chi connectivity index (χ3n) is 1.85. The Morgan fingerprint density at radius 3 is 2.94 bits per heavy atom. The molecule has 2 N–H and O–H groups in total. The van der Waals surface area contributed by atoms with Crippen LogP contribution in [0.5, 0.6) is 0 Å². The fraction of sp³-hybridized carbons (Fsp3) is 0.125. The number of tetrazole rings is 1. The Morgan fingerprint density at radius 2 is 2.31 bits per heavy atom. The van der Waals surface area contributed by atoms with Gasteiger partial charge in [-0.3, -0.25) is 4.79 Å². The molecule has 0 bridgehead atoms. The molecule has 0 spiro atoms. The van der Waals surface area contributed by atoms with Crippen LogP contribution < -0.4 is 5.32 Å². The van der Waals surface area contributed by atoms with Crippen LogP contribution in [-0.4, -0.2) is 31.5 Å². The monoisotopic (exact) mass is 238 g/mol. The number of aromatic nitrogens is 5. The van der Waals surface area contributed by atoms with Crippen molar-refractivity contribution in [3.8, 4) is 0 Å². The van der Waals surface area contributed by atoms with Crippen molar-refractivity contribution in [3.63, 3.8) is 0 Å². The van der Waals surface area contributed by atoms with E-state index < -0.39 is 5.91 Å². The lowest BCUT2D eigenvalue weighted by atomic mass is 10.3. The van der Waals surface area contributed by atoms with Gasteiger partial charge >= 0.3 is 0 Å². The summed E-state index contributed by atoms with van der Waals surface area (Å²) in [6.07, 6.45) is 0. The fourth-order valence-electron chi connectivity index (χ4n) is 1.10. The van der Waals surface area contributed by atoms with E-state index in [4.69, 9.17) is 11.6 Å². The second kappa shape index (κ2) is 4.23. The van der Waals surface area contributed by atoms with Crippen molar-refractivity contribution in [2.75, 3.05) is 5.32 Å². The SMILES string of the molecule is Cc1nc(Cl)ccc1NC(=O)c1nn[nH]n1. The van der Waals surface area contributed by atoms with Crippen molar-refractivity contribution >= 4 is 23.2 Å². The molecule has 82 valence electrons. The standard InChI is InChI=1S/C8H7ClN6O/c1-4-5(2-3-6(9)10-4)11-8(16)7-12-14-15-13-7/h2-3H,1H3,(H,11,16)(H,12,13,14,15). The zero-order chi connectivity index (χ0) is 11.5. The first kappa shape index (κ1) is 10.5. The van der Waals surface area contributed by atoms with Gasteiger partial charge in [0, 0.05) is 0 Å². The second-order valence-corrected chi connectivity index (χ2v) is 3.34. The largest absolute Gasteiger partial charge is 0.317 e. The summed E-state index contributed by atoms with van der Waals surface area (Å²) in [5.74, 6) is -0.490. The molecule has 0 saturated carbocycles. The molecule has 16 heavy (non-hydrogen) atoms. The van der Waals surface area contributed by atoms with E-state index in [0.717, 1.165) is 0 Å². The molecule has 0 aliphatic carbocycles. The van der Waals surface area contributed by atoms with Crippen LogP contribution in [-0.2, 0) is 0 Å². The summed E-state index contributed by atoms with van der Waals surface area (Å²) in [4.78, 5) is 15.5. The Balaban J connectivity index is 2.18. The van der Waals surface area contributed by atoms with E-state index in [0.29, 0.717) is 16.5 Å². The summed E-state index contributed by atoms with van der Waals surface area (Å²) in [6, 6.07) is 3.24. The third kappa shape index (κ3) is 2.14. The van der Waals surface area contributed by atoms with E-state index in [9.17, 15) is 4.79 Å². The Hall–Kier alpha value is -2.02. The number of pyridine rings is 1. The van der Waals surface area contributed by atoms with Gasteiger partial charge in [0.05, 0.1) is 11.4 Å². The van der Waals surface area contributed by atoms with Crippen LogP contribution in [0.1, 0.15) is 16.3 Å². The van der Waals surface area contributed by atoms with Crippen molar-refractivity contribution < 1.29 is 4.79 Å². The molecular weight excluding hydrogens is 232 g/mol. The number of aryl methyl sites for hydroxylation is 1. The molecule has 0 aliphatic rings. The van der Waals surface area contributed by atoms with Gasteiger partial charge in [-0.25, -0.2) is 4.98 Å². The summed E-state index contributed by atoms with van der Waals surface area (Å²) < 4.78 is 0. The Morgan fingerprint density at radius 1 is 1.50 bits per heavy atom. The first-order valence-electron chi connectivity index (χ1n) is 4.35. The fourth-order valence-corrected chi connectivity index (χ4v) is 1.29. The van der Waals surface area contributed by atoms with Crippen LogP contribution in [0.25, 0.3) is 0 Å². The van der Waals surface area contributed by atoms with Crippen LogP contribution in [0.4, 0.5) is 5.69 Å². The van der Waals surface area contributed by atoms with Gasteiger partial charge in [-0.1, -0.05) is 11.6 Å². The van der Waals surface area contributed by atoms with Crippen LogP contribution in [0.3, 0.4) is 0 Å². The van der Waals surface area contributed by atoms with E-state index >= 15 is 0 Å². The van der Waals surface area contributed by atoms with Crippen molar-refractivity contribution in [3.05, 3.63) is 28.8 Å². The highest BCUT2D eigenvalue weighted by atomic mass is 35.5. The van der Waals surface area contributed by atoms with Gasteiger partial charge in [0.2, 0.25) is 0 Å². The van der Waals surface area contributed by atoms with Crippen molar-refractivity contribution in [2.45, 2.75) is 6.92 Å². The number of halogens is 1. The number of anilines is 1. The summed E-state index contributed by atoms with van der Waals surface area (Å²) >= 11 is 5.69. The summed E-state index contributed by atoms with van der Waals surface area (Å²) in [5, 5.41) is 15.6. The minimum atomic E-state index is -0.457. The molecule has 0 radical (unpaired) electrons. The number of H-pyrrole nitrogens is 1. The highest BCUT2D eigenvalue weighted by Gasteiger charge is 2.12. The smallest absolute Gasteiger partial charge is 0.297 e. The maximum Gasteiger partial charge on any atom is 0.297 e. The van der Waals surface area contributed by atoms with Crippen molar-refractivity contribution in [1.29, 1.82) is 0 Å². The summed E-state index contributed by atoms with van der Waals surface area (Å²) in [5.41, 5.74) is 1.17. The van der Waals surface area contributed by atoms with Gasteiger partial charge in [-0.2, -0.15) is 5.21 Å². The number of carbonyl (C=O) groups is 1. The number of rotatable bonds is 2. The maximum absolute atomic E-state index is 11.6. The van der Waals surface area contributed by atoms with E-state index in [1.807, 2.05) is 0 Å². The first-order chi connectivity index (χ1) is 7.66. The molecule has 0 atom stereocenters. The quantitative estimate of drug-likeness (QED) is 0.755. The van der Waals surface area contributed by atoms with Crippen LogP contribution >= 0.6 is 11.6 Å². The highest BCUT2D eigenvalue weighted by molar-refractivity contribution is 6.29. The number of carbonyl (C=O) groups excluding carboxylic acids is 1. The van der Waals surface area contributed by atoms with Crippen molar-refractivity contribution in [2.24, 2.45) is 0 Å². The van der Waals surface area contributed by atoms with E-state index in [-0.39, 0.29) is 5.82 Å². The molecule has 0 saturated heterocycles. The van der Waals surface area contributed by atoms with Gasteiger partial charge in [0.1, 0.15) is 5.15 Å². The summed E-state index contributed by atoms with van der Waals surface area (Å²) in [6.45, 7) is 1.73. The predicted molar refractivity (Wildman–Crippen MR) is 56.1 cm³/mol. The number of nitrogens with zero attached hydrogens (tertiary/aromatic N) is 4. The van der Waals surface area contributed by atoms with Gasteiger partial charge < -0.3 is 5.32 Å². The molecular formula is C8H7ClN6O. The molecule has 0 aromatic carbocycles. The zero-order valence-electron chi connectivity index (χ0n) is 8.23. The Kier molecular flexibility index (Phi) is 2.78. The van der Waals surface area contributed by atoms with Gasteiger partial charge in [-0.15, -0.1) is 10.2 Å². The average Bonchev–Trinajstić information content (AvgIpc) is 2.75. The number of aromatic amines is 1. The highest BCUT2D eigenvalue weighted by Crippen LogP contribution is 2.15. The molecule has 0 fully saturated rings. The second-order valence-electron chi connectivity index (χ2n) is 2.96.